The van der Waals surface area contributed by atoms with Gasteiger partial charge >= 0.3 is 0 Å². The number of nitrogens with one attached hydrogen (secondary N) is 1. The second kappa shape index (κ2) is 7.11. The Morgan fingerprint density at radius 2 is 1.96 bits per heavy atom. The fraction of sp³-hybridized carbons (Fsp3) is 0. The molecule has 2 heterocycles. The number of rotatable bonds is 3. The highest BCUT2D eigenvalue weighted by Crippen LogP contribution is 2.35. The summed E-state index contributed by atoms with van der Waals surface area (Å²) in [6.07, 6.45) is 3.54. The maximum absolute atomic E-state index is 12.4. The number of nitrogens with zero attached hydrogens (tertiary/aromatic N) is 2. The van der Waals surface area contributed by atoms with Gasteiger partial charge in [0.1, 0.15) is 0 Å². The summed E-state index contributed by atoms with van der Waals surface area (Å²) in [5.41, 5.74) is 5.74. The van der Waals surface area contributed by atoms with Crippen LogP contribution in [0.3, 0.4) is 0 Å². The number of fused-ring (bicyclic) bond motifs is 1. The zero-order valence-electron chi connectivity index (χ0n) is 13.7. The summed E-state index contributed by atoms with van der Waals surface area (Å²) in [4.78, 5) is 17.3. The molecule has 0 unspecified atom stereocenters. The van der Waals surface area contributed by atoms with E-state index in [2.05, 4.69) is 10.4 Å². The summed E-state index contributed by atoms with van der Waals surface area (Å²) in [6.45, 7) is 0. The van der Waals surface area contributed by atoms with Crippen LogP contribution in [0.2, 0.25) is 5.02 Å². The van der Waals surface area contributed by atoms with Gasteiger partial charge in [-0.1, -0.05) is 41.1 Å². The van der Waals surface area contributed by atoms with E-state index in [0.717, 1.165) is 16.8 Å². The predicted octanol–water partition coefficient (Wildman–Crippen LogP) is 5.28. The lowest BCUT2D eigenvalue weighted by Crippen LogP contribution is -2.22. The second-order valence-electron chi connectivity index (χ2n) is 5.71. The van der Waals surface area contributed by atoms with Crippen molar-refractivity contribution >= 4 is 64.6 Å². The molecule has 0 fully saturated rings. The van der Waals surface area contributed by atoms with Crippen LogP contribution in [0.1, 0.15) is 20.8 Å². The van der Waals surface area contributed by atoms with Gasteiger partial charge in [0.05, 0.1) is 10.6 Å². The average molecular weight is 414 g/mol. The van der Waals surface area contributed by atoms with Crippen LogP contribution in [0, 0.1) is 3.95 Å². The molecule has 0 bridgehead atoms. The van der Waals surface area contributed by atoms with Crippen molar-refractivity contribution in [3.63, 3.8) is 0 Å². The van der Waals surface area contributed by atoms with Crippen molar-refractivity contribution in [3.8, 4) is 5.88 Å². The summed E-state index contributed by atoms with van der Waals surface area (Å²) < 4.78 is 1.52. The van der Waals surface area contributed by atoms with E-state index in [0.29, 0.717) is 19.4 Å². The number of thiazole rings is 1. The van der Waals surface area contributed by atoms with Crippen LogP contribution in [0.4, 0.5) is 5.69 Å². The number of aromatic nitrogens is 1. The van der Waals surface area contributed by atoms with Gasteiger partial charge < -0.3 is 5.11 Å². The molecule has 0 saturated carbocycles. The van der Waals surface area contributed by atoms with Gasteiger partial charge in [-0.05, 0) is 48.6 Å². The molecule has 1 aliphatic heterocycles. The van der Waals surface area contributed by atoms with Crippen LogP contribution in [-0.4, -0.2) is 21.9 Å². The summed E-state index contributed by atoms with van der Waals surface area (Å²) in [7, 11) is 0. The lowest BCUT2D eigenvalue weighted by molar-refractivity contribution is 0.101. The number of aromatic hydroxyl groups is 1. The summed E-state index contributed by atoms with van der Waals surface area (Å²) in [6, 6.07) is 14.2. The Hall–Kier alpha value is -2.74. The number of hydrogen-bond acceptors (Lipinski definition) is 5. The molecular weight excluding hydrogens is 402 g/mol. The fourth-order valence-electron chi connectivity index (χ4n) is 2.64. The van der Waals surface area contributed by atoms with Crippen molar-refractivity contribution in [2.24, 2.45) is 4.99 Å². The maximum atomic E-state index is 12.4. The average Bonchev–Trinajstić information content (AvgIpc) is 3.19. The molecular formula is C19H12ClN3O2S2. The van der Waals surface area contributed by atoms with E-state index in [-0.39, 0.29) is 5.88 Å². The van der Waals surface area contributed by atoms with Crippen LogP contribution >= 0.6 is 35.2 Å². The molecule has 27 heavy (non-hydrogen) atoms. The number of carbonyl (C=O) groups excluding carboxylic acids is 1. The third-order valence-corrected chi connectivity index (χ3v) is 5.54. The van der Waals surface area contributed by atoms with Gasteiger partial charge in [0, 0.05) is 27.9 Å². The summed E-state index contributed by atoms with van der Waals surface area (Å²) in [5.74, 6) is -0.527. The largest absolute Gasteiger partial charge is 0.492 e. The molecule has 0 radical (unpaired) electrons. The van der Waals surface area contributed by atoms with E-state index in [1.165, 1.54) is 16.0 Å². The third-order valence-electron chi connectivity index (χ3n) is 3.98. The van der Waals surface area contributed by atoms with Crippen molar-refractivity contribution < 1.29 is 9.90 Å². The first-order valence-corrected chi connectivity index (χ1v) is 9.50. The van der Waals surface area contributed by atoms with Crippen molar-refractivity contribution in [2.45, 2.75) is 0 Å². The number of carbonyl (C=O) groups is 1. The molecule has 3 aromatic rings. The first-order chi connectivity index (χ1) is 13.0. The molecule has 0 spiro atoms. The number of amides is 1. The highest BCUT2D eigenvalue weighted by atomic mass is 35.5. The molecule has 4 rings (SSSR count). The third kappa shape index (κ3) is 3.44. The van der Waals surface area contributed by atoms with Crippen molar-refractivity contribution in [1.82, 2.24) is 4.68 Å². The van der Waals surface area contributed by atoms with Gasteiger partial charge in [-0.25, -0.2) is 0 Å². The number of hydrogen-bond donors (Lipinski definition) is 2. The standard InChI is InChI=1S/C19H12ClN3O2S2/c20-13-7-5-11(6-8-13)17(24)22-23-18(25)16(27-19(23)26)9-12-10-21-15-4-2-1-3-14(12)15/h1-10,25H,(H,22,24)/b12-9-. The normalized spacial score (nSPS) is 13.7. The van der Waals surface area contributed by atoms with Crippen LogP contribution in [-0.2, 0) is 0 Å². The van der Waals surface area contributed by atoms with Crippen LogP contribution in [0.25, 0.3) is 11.6 Å². The molecule has 0 atom stereocenters. The molecule has 5 nitrogen and oxygen atoms in total. The minimum Gasteiger partial charge on any atom is -0.492 e. The second-order valence-corrected chi connectivity index (χ2v) is 7.83. The lowest BCUT2D eigenvalue weighted by Gasteiger charge is -2.07. The highest BCUT2D eigenvalue weighted by molar-refractivity contribution is 7.73. The van der Waals surface area contributed by atoms with Gasteiger partial charge in [-0.15, -0.1) is 0 Å². The number of para-hydroxylation sites is 1. The number of aliphatic imine (C=N–C) groups is 1. The molecule has 1 amide bonds. The monoisotopic (exact) mass is 413 g/mol. The first kappa shape index (κ1) is 17.7. The molecule has 2 N–H and O–H groups in total. The van der Waals surface area contributed by atoms with Crippen LogP contribution in [0.5, 0.6) is 5.88 Å². The SMILES string of the molecule is O=C(Nn1c(O)c(/C=C2/C=Nc3ccccc32)sc1=S)c1ccc(Cl)cc1. The first-order valence-electron chi connectivity index (χ1n) is 7.90. The Morgan fingerprint density at radius 3 is 2.74 bits per heavy atom. The van der Waals surface area contributed by atoms with Crippen LogP contribution in [0.15, 0.2) is 53.5 Å². The van der Waals surface area contributed by atoms with Crippen LogP contribution < -0.4 is 5.43 Å². The van der Waals surface area contributed by atoms with E-state index >= 15 is 0 Å². The Bertz CT molecular complexity index is 1160. The molecule has 134 valence electrons. The molecule has 1 aliphatic rings. The zero-order chi connectivity index (χ0) is 19.0. The Kier molecular flexibility index (Phi) is 4.65. The Morgan fingerprint density at radius 1 is 1.22 bits per heavy atom. The minimum atomic E-state index is -0.400. The van der Waals surface area contributed by atoms with E-state index in [4.69, 9.17) is 23.8 Å². The molecule has 2 aromatic carbocycles. The number of benzene rings is 2. The van der Waals surface area contributed by atoms with Crippen molar-refractivity contribution in [1.29, 1.82) is 0 Å². The highest BCUT2D eigenvalue weighted by Gasteiger charge is 2.17. The van der Waals surface area contributed by atoms with E-state index in [9.17, 15) is 9.90 Å². The smallest absolute Gasteiger partial charge is 0.270 e. The van der Waals surface area contributed by atoms with Gasteiger partial charge in [0.25, 0.3) is 5.91 Å². The zero-order valence-corrected chi connectivity index (χ0v) is 16.1. The Balaban J connectivity index is 1.64. The van der Waals surface area contributed by atoms with Gasteiger partial charge in [0.15, 0.2) is 3.95 Å². The van der Waals surface area contributed by atoms with Gasteiger partial charge in [0.2, 0.25) is 5.88 Å². The summed E-state index contributed by atoms with van der Waals surface area (Å²) >= 11 is 12.3. The fourth-order valence-corrected chi connectivity index (χ4v) is 3.94. The minimum absolute atomic E-state index is 0.127. The molecule has 0 saturated heterocycles. The van der Waals surface area contributed by atoms with E-state index in [1.807, 2.05) is 24.3 Å². The topological polar surface area (TPSA) is 66.6 Å². The molecule has 8 heteroatoms. The molecule has 1 aromatic heterocycles. The maximum Gasteiger partial charge on any atom is 0.270 e. The summed E-state index contributed by atoms with van der Waals surface area (Å²) in [5, 5.41) is 11.1. The van der Waals surface area contributed by atoms with E-state index < -0.39 is 5.91 Å². The lowest BCUT2D eigenvalue weighted by atomic mass is 10.1. The molecule has 0 aliphatic carbocycles. The van der Waals surface area contributed by atoms with Gasteiger partial charge in [-0.3, -0.25) is 15.2 Å². The quantitative estimate of drug-likeness (QED) is 0.574. The van der Waals surface area contributed by atoms with E-state index in [1.54, 1.807) is 36.6 Å². The van der Waals surface area contributed by atoms with Crippen molar-refractivity contribution in [2.75, 3.05) is 5.43 Å². The van der Waals surface area contributed by atoms with Crippen molar-refractivity contribution in [3.05, 3.63) is 73.5 Å². The number of halogens is 1. The number of allylic oxidation sites excluding steroid dienone is 1. The Labute approximate surface area is 168 Å². The predicted molar refractivity (Wildman–Crippen MR) is 112 cm³/mol. The van der Waals surface area contributed by atoms with Gasteiger partial charge in [-0.2, -0.15) is 4.68 Å².